The first-order valence-electron chi connectivity index (χ1n) is 8.36. The highest BCUT2D eigenvalue weighted by molar-refractivity contribution is 6.31. The van der Waals surface area contributed by atoms with Gasteiger partial charge in [0.05, 0.1) is 5.02 Å². The number of carbonyl (C=O) groups is 2. The molecule has 0 aliphatic heterocycles. The van der Waals surface area contributed by atoms with E-state index >= 15 is 0 Å². The number of aromatic hydroxyl groups is 1. The van der Waals surface area contributed by atoms with Gasteiger partial charge in [0.1, 0.15) is 28.7 Å². The fourth-order valence-corrected chi connectivity index (χ4v) is 2.78. The number of furan rings is 1. The molecule has 0 aliphatic rings. The van der Waals surface area contributed by atoms with Gasteiger partial charge < -0.3 is 19.9 Å². The molecule has 3 aromatic rings. The van der Waals surface area contributed by atoms with Gasteiger partial charge in [-0.05, 0) is 61.0 Å². The van der Waals surface area contributed by atoms with E-state index < -0.39 is 17.7 Å². The average Bonchev–Trinajstić information content (AvgIpc) is 3.14. The summed E-state index contributed by atoms with van der Waals surface area (Å²) in [5.74, 6) is -1.88. The normalized spacial score (nSPS) is 11.0. The molecule has 8 heteroatoms. The Kier molecular flexibility index (Phi) is 5.70. The van der Waals surface area contributed by atoms with E-state index in [9.17, 15) is 19.1 Å². The summed E-state index contributed by atoms with van der Waals surface area (Å²) in [6.45, 7) is 1.53. The van der Waals surface area contributed by atoms with Gasteiger partial charge in [-0.3, -0.25) is 4.79 Å². The molecule has 0 fully saturated rings. The van der Waals surface area contributed by atoms with Crippen LogP contribution >= 0.6 is 11.6 Å². The van der Waals surface area contributed by atoms with Crippen LogP contribution in [0.4, 0.5) is 10.1 Å². The molecule has 0 saturated heterocycles. The lowest BCUT2D eigenvalue weighted by atomic mass is 10.1. The van der Waals surface area contributed by atoms with Crippen molar-refractivity contribution in [1.82, 2.24) is 0 Å². The molecule has 6 nitrogen and oxygen atoms in total. The Bertz CT molecular complexity index is 1140. The Balaban J connectivity index is 1.72. The number of amides is 1. The Morgan fingerprint density at radius 1 is 1.17 bits per heavy atom. The second kappa shape index (κ2) is 8.20. The molecule has 0 saturated carbocycles. The summed E-state index contributed by atoms with van der Waals surface area (Å²) in [5, 5.41) is 21.4. The molecule has 3 rings (SSSR count). The maximum Gasteiger partial charge on any atom is 0.339 e. The molecule has 0 spiro atoms. The molecule has 3 N–H and O–H groups in total. The maximum absolute atomic E-state index is 13.3. The predicted octanol–water partition coefficient (Wildman–Crippen LogP) is 5.10. The van der Waals surface area contributed by atoms with Crippen molar-refractivity contribution in [1.29, 1.82) is 0 Å². The Hall–Kier alpha value is -3.58. The third kappa shape index (κ3) is 4.64. The van der Waals surface area contributed by atoms with Crippen LogP contribution in [0.25, 0.3) is 17.4 Å². The summed E-state index contributed by atoms with van der Waals surface area (Å²) in [4.78, 5) is 23.3. The van der Waals surface area contributed by atoms with E-state index in [1.165, 1.54) is 49.4 Å². The summed E-state index contributed by atoms with van der Waals surface area (Å²) in [7, 11) is 0. The van der Waals surface area contributed by atoms with Crippen LogP contribution < -0.4 is 5.32 Å². The minimum atomic E-state index is -1.30. The largest absolute Gasteiger partial charge is 0.507 e. The van der Waals surface area contributed by atoms with Gasteiger partial charge in [-0.2, -0.15) is 0 Å². The van der Waals surface area contributed by atoms with Crippen LogP contribution in [-0.2, 0) is 4.79 Å². The molecule has 1 aromatic heterocycles. The molecule has 29 heavy (non-hydrogen) atoms. The first kappa shape index (κ1) is 20.2. The number of halogens is 2. The molecule has 2 aromatic carbocycles. The molecule has 1 amide bonds. The van der Waals surface area contributed by atoms with Crippen molar-refractivity contribution in [3.8, 4) is 17.1 Å². The van der Waals surface area contributed by atoms with Crippen molar-refractivity contribution < 1.29 is 28.6 Å². The van der Waals surface area contributed by atoms with E-state index in [2.05, 4.69) is 5.32 Å². The Morgan fingerprint density at radius 2 is 1.93 bits per heavy atom. The van der Waals surface area contributed by atoms with Crippen LogP contribution in [0.2, 0.25) is 5.02 Å². The topological polar surface area (TPSA) is 99.8 Å². The zero-order valence-electron chi connectivity index (χ0n) is 15.1. The number of carboxylic acid groups (broad SMARTS) is 1. The molecule has 0 bridgehead atoms. The molecular formula is C21H15ClFNO5. The van der Waals surface area contributed by atoms with Gasteiger partial charge in [0, 0.05) is 17.3 Å². The van der Waals surface area contributed by atoms with Crippen LogP contribution in [0.15, 0.2) is 53.0 Å². The van der Waals surface area contributed by atoms with Crippen molar-refractivity contribution in [3.05, 3.63) is 76.3 Å². The van der Waals surface area contributed by atoms with Gasteiger partial charge in [0.15, 0.2) is 0 Å². The quantitative estimate of drug-likeness (QED) is 0.397. The number of phenols is 1. The number of aromatic carboxylic acids is 1. The lowest BCUT2D eigenvalue weighted by Crippen LogP contribution is -2.09. The van der Waals surface area contributed by atoms with Gasteiger partial charge in [-0.1, -0.05) is 11.6 Å². The second-order valence-electron chi connectivity index (χ2n) is 6.15. The first-order valence-corrected chi connectivity index (χ1v) is 8.73. The summed E-state index contributed by atoms with van der Waals surface area (Å²) >= 11 is 5.77. The highest BCUT2D eigenvalue weighted by atomic mass is 35.5. The standard InChI is InChI=1S/C21H15ClFNO5/c1-11-8-13(10-15(20(11)26)21(27)28)24-19(25)7-4-14-3-6-18(29-14)12-2-5-17(23)16(22)9-12/h2-10,26H,1H3,(H,24,25)(H,27,28)/b7-4+. The lowest BCUT2D eigenvalue weighted by Gasteiger charge is -2.08. The number of nitrogens with one attached hydrogen (secondary N) is 1. The molecule has 0 radical (unpaired) electrons. The number of benzene rings is 2. The number of carboxylic acids is 1. The zero-order chi connectivity index (χ0) is 21.1. The summed E-state index contributed by atoms with van der Waals surface area (Å²) in [6.07, 6.45) is 2.64. The fourth-order valence-electron chi connectivity index (χ4n) is 2.60. The van der Waals surface area contributed by atoms with E-state index in [1.807, 2.05) is 0 Å². The third-order valence-electron chi connectivity index (χ3n) is 4.03. The number of rotatable bonds is 5. The van der Waals surface area contributed by atoms with E-state index in [4.69, 9.17) is 21.1 Å². The summed E-state index contributed by atoms with van der Waals surface area (Å²) in [6, 6.07) is 10.1. The number of aryl methyl sites for hydroxylation is 1. The van der Waals surface area contributed by atoms with Crippen LogP contribution in [0.1, 0.15) is 21.7 Å². The average molecular weight is 416 g/mol. The molecule has 148 valence electrons. The summed E-state index contributed by atoms with van der Waals surface area (Å²) in [5.41, 5.74) is 0.824. The number of carbonyl (C=O) groups excluding carboxylic acids is 1. The minimum absolute atomic E-state index is 0.0275. The van der Waals surface area contributed by atoms with Crippen molar-refractivity contribution in [2.75, 3.05) is 5.32 Å². The highest BCUT2D eigenvalue weighted by Crippen LogP contribution is 2.28. The van der Waals surface area contributed by atoms with Gasteiger partial charge in [-0.15, -0.1) is 0 Å². The lowest BCUT2D eigenvalue weighted by molar-refractivity contribution is -0.111. The van der Waals surface area contributed by atoms with E-state index in [0.717, 1.165) is 0 Å². The third-order valence-corrected chi connectivity index (χ3v) is 4.32. The monoisotopic (exact) mass is 415 g/mol. The second-order valence-corrected chi connectivity index (χ2v) is 6.56. The van der Waals surface area contributed by atoms with Crippen molar-refractivity contribution in [2.24, 2.45) is 0 Å². The predicted molar refractivity (Wildman–Crippen MR) is 107 cm³/mol. The van der Waals surface area contributed by atoms with Crippen LogP contribution in [-0.4, -0.2) is 22.1 Å². The van der Waals surface area contributed by atoms with Crippen molar-refractivity contribution in [2.45, 2.75) is 6.92 Å². The van der Waals surface area contributed by atoms with Gasteiger partial charge in [0.25, 0.3) is 0 Å². The Labute approximate surface area is 169 Å². The molecule has 0 aliphatic carbocycles. The molecule has 0 unspecified atom stereocenters. The fraction of sp³-hybridized carbons (Fsp3) is 0.0476. The number of hydrogen-bond donors (Lipinski definition) is 3. The first-order chi connectivity index (χ1) is 13.7. The van der Waals surface area contributed by atoms with Gasteiger partial charge >= 0.3 is 5.97 Å². The van der Waals surface area contributed by atoms with Crippen molar-refractivity contribution in [3.63, 3.8) is 0 Å². The van der Waals surface area contributed by atoms with Gasteiger partial charge in [-0.25, -0.2) is 9.18 Å². The van der Waals surface area contributed by atoms with Crippen LogP contribution in [0.3, 0.4) is 0 Å². The van der Waals surface area contributed by atoms with E-state index in [1.54, 1.807) is 12.1 Å². The van der Waals surface area contributed by atoms with Crippen LogP contribution in [0, 0.1) is 12.7 Å². The maximum atomic E-state index is 13.3. The van der Waals surface area contributed by atoms with Crippen molar-refractivity contribution >= 4 is 35.2 Å². The number of anilines is 1. The van der Waals surface area contributed by atoms with E-state index in [0.29, 0.717) is 22.6 Å². The zero-order valence-corrected chi connectivity index (χ0v) is 15.8. The molecule has 1 heterocycles. The minimum Gasteiger partial charge on any atom is -0.507 e. The SMILES string of the molecule is Cc1cc(NC(=O)/C=C/c2ccc(-c3ccc(F)c(Cl)c3)o2)cc(C(=O)O)c1O. The summed E-state index contributed by atoms with van der Waals surface area (Å²) < 4.78 is 18.9. The van der Waals surface area contributed by atoms with Crippen LogP contribution in [0.5, 0.6) is 5.75 Å². The smallest absolute Gasteiger partial charge is 0.339 e. The van der Waals surface area contributed by atoms with E-state index in [-0.39, 0.29) is 22.0 Å². The molecular weight excluding hydrogens is 401 g/mol. The Morgan fingerprint density at radius 3 is 2.62 bits per heavy atom. The highest BCUT2D eigenvalue weighted by Gasteiger charge is 2.14. The van der Waals surface area contributed by atoms with Gasteiger partial charge in [0.2, 0.25) is 5.91 Å². The number of hydrogen-bond acceptors (Lipinski definition) is 4. The molecule has 0 atom stereocenters.